The Bertz CT molecular complexity index is 363. The first-order valence-corrected chi connectivity index (χ1v) is 9.01. The molecule has 0 aromatic heterocycles. The molecule has 0 aromatic carbocycles. The fourth-order valence-corrected chi connectivity index (χ4v) is 2.15. The van der Waals surface area contributed by atoms with E-state index < -0.39 is 36.6 Å². The maximum atomic E-state index is 11.7. The smallest absolute Gasteiger partial charge is 0.339 e. The molecule has 10 nitrogen and oxygen atoms in total. The Morgan fingerprint density at radius 1 is 0.692 bits per heavy atom. The number of aliphatic hydroxyl groups excluding tert-OH is 2. The van der Waals surface area contributed by atoms with Crippen LogP contribution < -0.4 is 22.9 Å². The Morgan fingerprint density at radius 2 is 1.04 bits per heavy atom. The second-order valence-corrected chi connectivity index (χ2v) is 6.12. The molecule has 10 heteroatoms. The highest BCUT2D eigenvalue weighted by atomic mass is 16.6. The van der Waals surface area contributed by atoms with Crippen LogP contribution in [0, 0.1) is 0 Å². The van der Waals surface area contributed by atoms with E-state index in [1.54, 1.807) is 0 Å². The maximum absolute atomic E-state index is 11.7. The van der Waals surface area contributed by atoms with Gasteiger partial charge in [-0.15, -0.1) is 0 Å². The average Bonchev–Trinajstić information content (AvgIpc) is 2.61. The van der Waals surface area contributed by atoms with Gasteiger partial charge in [0.15, 0.2) is 24.7 Å². The zero-order valence-electron chi connectivity index (χ0n) is 15.2. The monoisotopic (exact) mass is 378 g/mol. The summed E-state index contributed by atoms with van der Waals surface area (Å²) in [4.78, 5) is 23.5. The third-order valence-electron chi connectivity index (χ3n) is 3.70. The van der Waals surface area contributed by atoms with E-state index in [0.29, 0.717) is 38.8 Å². The van der Waals surface area contributed by atoms with E-state index in [0.717, 1.165) is 25.7 Å². The highest BCUT2D eigenvalue weighted by molar-refractivity contribution is 5.85. The Kier molecular flexibility index (Phi) is 14.1. The number of hydrogen-bond acceptors (Lipinski definition) is 10. The molecule has 0 saturated heterocycles. The van der Waals surface area contributed by atoms with Crippen LogP contribution >= 0.6 is 0 Å². The van der Waals surface area contributed by atoms with Gasteiger partial charge in [0.05, 0.1) is 0 Å². The molecule has 0 amide bonds. The normalized spacial score (nSPS) is 15.8. The summed E-state index contributed by atoms with van der Waals surface area (Å²) in [6.45, 7) is 1.13. The molecule has 0 aliphatic carbocycles. The number of esters is 2. The van der Waals surface area contributed by atoms with E-state index in [1.807, 2.05) is 0 Å². The molecule has 0 fully saturated rings. The van der Waals surface area contributed by atoms with Crippen LogP contribution in [0.3, 0.4) is 0 Å². The highest BCUT2D eigenvalue weighted by Crippen LogP contribution is 2.08. The summed E-state index contributed by atoms with van der Waals surface area (Å²) >= 11 is 0. The number of aliphatic hydroxyl groups is 2. The largest absolute Gasteiger partial charge is 0.445 e. The fraction of sp³-hybridized carbons (Fsp3) is 0.875. The van der Waals surface area contributed by atoms with E-state index in [1.165, 1.54) is 0 Å². The molecule has 154 valence electrons. The summed E-state index contributed by atoms with van der Waals surface area (Å²) in [6.07, 6.45) is -0.573. The van der Waals surface area contributed by atoms with Crippen molar-refractivity contribution < 1.29 is 29.3 Å². The molecule has 0 bridgehead atoms. The fourth-order valence-electron chi connectivity index (χ4n) is 2.15. The van der Waals surface area contributed by atoms with Gasteiger partial charge in [0, 0.05) is 0 Å². The second-order valence-electron chi connectivity index (χ2n) is 6.12. The number of hydrogen-bond donors (Lipinski definition) is 6. The van der Waals surface area contributed by atoms with Crippen LogP contribution in [-0.4, -0.2) is 59.9 Å². The molecule has 0 rings (SSSR count). The van der Waals surface area contributed by atoms with Gasteiger partial charge in [-0.05, 0) is 51.6 Å². The second kappa shape index (κ2) is 14.8. The zero-order chi connectivity index (χ0) is 19.9. The molecule has 0 spiro atoms. The van der Waals surface area contributed by atoms with Gasteiger partial charge in [0.2, 0.25) is 0 Å². The molecule has 10 N–H and O–H groups in total. The van der Waals surface area contributed by atoms with Crippen LogP contribution in [0.25, 0.3) is 0 Å². The van der Waals surface area contributed by atoms with Crippen LogP contribution in [0.1, 0.15) is 51.4 Å². The summed E-state index contributed by atoms with van der Waals surface area (Å²) in [5, 5.41) is 19.4. The molecule has 0 aliphatic heterocycles. The number of unbranched alkanes of at least 4 members (excludes halogenated alkanes) is 4. The molecular formula is C16H34N4O6. The minimum absolute atomic E-state index is 0.382. The summed E-state index contributed by atoms with van der Waals surface area (Å²) in [5.74, 6) is -2.39. The summed E-state index contributed by atoms with van der Waals surface area (Å²) in [6, 6.07) is 0. The number of ether oxygens (including phenoxy) is 2. The lowest BCUT2D eigenvalue weighted by atomic mass is 10.1. The van der Waals surface area contributed by atoms with Gasteiger partial charge in [-0.1, -0.05) is 12.8 Å². The Balaban J connectivity index is 4.18. The minimum Gasteiger partial charge on any atom is -0.445 e. The molecule has 0 aromatic rings. The van der Waals surface area contributed by atoms with Crippen molar-refractivity contribution in [3.05, 3.63) is 0 Å². The van der Waals surface area contributed by atoms with Gasteiger partial charge in [-0.2, -0.15) is 0 Å². The van der Waals surface area contributed by atoms with Crippen LogP contribution in [0.2, 0.25) is 0 Å². The standard InChI is InChI=1S/C16H34N4O6/c17-9-5-1-3-7-11(19)25-15(23)13(21)14(22)16(24)26-12(20)8-4-2-6-10-18/h11-14,21-22H,1-10,17-20H2. The molecule has 0 saturated carbocycles. The minimum atomic E-state index is -2.10. The lowest BCUT2D eigenvalue weighted by Gasteiger charge is -2.20. The lowest BCUT2D eigenvalue weighted by Crippen LogP contribution is -2.45. The van der Waals surface area contributed by atoms with Crippen molar-refractivity contribution >= 4 is 11.9 Å². The van der Waals surface area contributed by atoms with Gasteiger partial charge in [-0.25, -0.2) is 9.59 Å². The van der Waals surface area contributed by atoms with E-state index >= 15 is 0 Å². The van der Waals surface area contributed by atoms with Crippen LogP contribution in [0.5, 0.6) is 0 Å². The number of rotatable bonds is 15. The van der Waals surface area contributed by atoms with Crippen molar-refractivity contribution in [2.75, 3.05) is 13.1 Å². The van der Waals surface area contributed by atoms with Gasteiger partial charge in [-0.3, -0.25) is 11.5 Å². The molecular weight excluding hydrogens is 344 g/mol. The molecule has 26 heavy (non-hydrogen) atoms. The van der Waals surface area contributed by atoms with Gasteiger partial charge >= 0.3 is 11.9 Å². The van der Waals surface area contributed by atoms with E-state index in [-0.39, 0.29) is 0 Å². The lowest BCUT2D eigenvalue weighted by molar-refractivity contribution is -0.179. The molecule has 4 atom stereocenters. The van der Waals surface area contributed by atoms with Crippen molar-refractivity contribution in [2.24, 2.45) is 22.9 Å². The molecule has 4 unspecified atom stereocenters. The first kappa shape index (κ1) is 24.7. The Labute approximate surface area is 154 Å². The van der Waals surface area contributed by atoms with Crippen LogP contribution in [0.4, 0.5) is 0 Å². The number of carbonyl (C=O) groups excluding carboxylic acids is 2. The number of nitrogens with two attached hydrogens (primary N) is 4. The van der Waals surface area contributed by atoms with Crippen LogP contribution in [0.15, 0.2) is 0 Å². The third-order valence-corrected chi connectivity index (χ3v) is 3.70. The maximum Gasteiger partial charge on any atom is 0.339 e. The van der Waals surface area contributed by atoms with Gasteiger partial charge in [0.1, 0.15) is 0 Å². The van der Waals surface area contributed by atoms with Crippen molar-refractivity contribution in [3.63, 3.8) is 0 Å². The molecule has 0 heterocycles. The van der Waals surface area contributed by atoms with Gasteiger partial charge in [0.25, 0.3) is 0 Å². The predicted octanol–water partition coefficient (Wildman–Crippen LogP) is -1.60. The first-order chi connectivity index (χ1) is 12.3. The van der Waals surface area contributed by atoms with E-state index in [2.05, 4.69) is 0 Å². The SMILES string of the molecule is NCCCCCC(N)OC(=O)C(O)C(O)C(=O)OC(N)CCCCCN. The summed E-state index contributed by atoms with van der Waals surface area (Å²) in [7, 11) is 0. The van der Waals surface area contributed by atoms with E-state index in [4.69, 9.17) is 32.4 Å². The summed E-state index contributed by atoms with van der Waals surface area (Å²) in [5.41, 5.74) is 22.0. The molecule has 0 aliphatic rings. The highest BCUT2D eigenvalue weighted by Gasteiger charge is 2.34. The first-order valence-electron chi connectivity index (χ1n) is 9.01. The van der Waals surface area contributed by atoms with Gasteiger partial charge < -0.3 is 31.2 Å². The average molecular weight is 378 g/mol. The van der Waals surface area contributed by atoms with Crippen molar-refractivity contribution in [2.45, 2.75) is 76.0 Å². The molecule has 0 radical (unpaired) electrons. The predicted molar refractivity (Wildman–Crippen MR) is 95.2 cm³/mol. The van der Waals surface area contributed by atoms with Crippen LogP contribution in [-0.2, 0) is 19.1 Å². The van der Waals surface area contributed by atoms with E-state index in [9.17, 15) is 19.8 Å². The zero-order valence-corrected chi connectivity index (χ0v) is 15.2. The quantitative estimate of drug-likeness (QED) is 0.110. The van der Waals surface area contributed by atoms with Crippen molar-refractivity contribution in [1.82, 2.24) is 0 Å². The number of carbonyl (C=O) groups is 2. The topological polar surface area (TPSA) is 197 Å². The van der Waals surface area contributed by atoms with Crippen molar-refractivity contribution in [1.29, 1.82) is 0 Å². The third kappa shape index (κ3) is 11.3. The Morgan fingerprint density at radius 3 is 1.35 bits per heavy atom. The Hall–Kier alpha value is -1.30. The summed E-state index contributed by atoms with van der Waals surface area (Å²) < 4.78 is 9.61. The van der Waals surface area contributed by atoms with Crippen molar-refractivity contribution in [3.8, 4) is 0 Å².